The molecular formula is C23H39NO8P+. The molecule has 1 aromatic carbocycles. The van der Waals surface area contributed by atoms with Crippen molar-refractivity contribution in [3.05, 3.63) is 35.9 Å². The standard InChI is InChI=1S/C23H38NO8P/c1-21(2,3)30-20(26)24-18(19(25)28-15-17-13-11-10-12-14-17)16-29-33(27,31-22(4,5)6)32-23(7,8)9/h10-14,18,27H,15-16H2,1-9H3/p+1/t18-/m0/s1. The third-order valence-corrected chi connectivity index (χ3v) is 5.41. The molecule has 0 fully saturated rings. The van der Waals surface area contributed by atoms with E-state index in [1.807, 2.05) is 18.2 Å². The van der Waals surface area contributed by atoms with E-state index in [0.29, 0.717) is 0 Å². The Bertz CT molecular complexity index is 749. The van der Waals surface area contributed by atoms with E-state index in [-0.39, 0.29) is 6.61 Å². The van der Waals surface area contributed by atoms with E-state index in [4.69, 9.17) is 23.0 Å². The number of hydrogen-bond donors (Lipinski definition) is 2. The number of ether oxygens (including phenoxy) is 2. The Morgan fingerprint density at radius 3 is 1.88 bits per heavy atom. The molecule has 1 atom stereocenters. The average Bonchev–Trinajstić information content (AvgIpc) is 2.59. The molecule has 0 unspecified atom stereocenters. The molecule has 188 valence electrons. The second-order valence-electron chi connectivity index (χ2n) is 10.5. The van der Waals surface area contributed by atoms with Crippen LogP contribution in [0.15, 0.2) is 30.3 Å². The summed E-state index contributed by atoms with van der Waals surface area (Å²) in [5.74, 6) is -0.761. The first-order chi connectivity index (χ1) is 14.9. The van der Waals surface area contributed by atoms with Gasteiger partial charge in [0.2, 0.25) is 0 Å². The van der Waals surface area contributed by atoms with E-state index < -0.39 is 49.7 Å². The highest BCUT2D eigenvalue weighted by atomic mass is 31.2. The predicted molar refractivity (Wildman–Crippen MR) is 126 cm³/mol. The minimum absolute atomic E-state index is 0.00254. The van der Waals surface area contributed by atoms with Crippen LogP contribution < -0.4 is 5.32 Å². The second kappa shape index (κ2) is 11.6. The van der Waals surface area contributed by atoms with Crippen LogP contribution in [0.2, 0.25) is 0 Å². The van der Waals surface area contributed by atoms with Crippen molar-refractivity contribution in [2.75, 3.05) is 6.61 Å². The van der Waals surface area contributed by atoms with Gasteiger partial charge in [-0.2, -0.15) is 9.42 Å². The highest BCUT2D eigenvalue weighted by molar-refractivity contribution is 7.55. The Labute approximate surface area is 197 Å². The lowest BCUT2D eigenvalue weighted by molar-refractivity contribution is -0.148. The molecule has 1 rings (SSSR count). The van der Waals surface area contributed by atoms with E-state index in [1.54, 1.807) is 74.4 Å². The lowest BCUT2D eigenvalue weighted by Gasteiger charge is -2.28. The summed E-state index contributed by atoms with van der Waals surface area (Å²) in [7, 11) is -3.87. The summed E-state index contributed by atoms with van der Waals surface area (Å²) >= 11 is 0. The molecule has 0 saturated heterocycles. The summed E-state index contributed by atoms with van der Waals surface area (Å²) in [4.78, 5) is 36.1. The minimum Gasteiger partial charge on any atom is -0.459 e. The number of nitrogens with one attached hydrogen (secondary N) is 1. The number of esters is 1. The summed E-state index contributed by atoms with van der Waals surface area (Å²) in [6.07, 6.45) is -0.830. The zero-order valence-electron chi connectivity index (χ0n) is 21.1. The minimum atomic E-state index is -3.87. The van der Waals surface area contributed by atoms with Gasteiger partial charge in [-0.1, -0.05) is 30.3 Å². The summed E-state index contributed by atoms with van der Waals surface area (Å²) < 4.78 is 27.5. The Morgan fingerprint density at radius 1 is 0.909 bits per heavy atom. The number of amides is 1. The van der Waals surface area contributed by atoms with Gasteiger partial charge in [-0.15, -0.1) is 9.05 Å². The molecule has 33 heavy (non-hydrogen) atoms. The van der Waals surface area contributed by atoms with Gasteiger partial charge in [0.05, 0.1) is 0 Å². The largest absolute Gasteiger partial charge is 0.573 e. The Balaban J connectivity index is 2.99. The third kappa shape index (κ3) is 13.5. The molecule has 0 spiro atoms. The van der Waals surface area contributed by atoms with Gasteiger partial charge in [-0.05, 0) is 67.9 Å². The maximum atomic E-state index is 12.8. The normalized spacial score (nSPS) is 13.9. The number of carbonyl (C=O) groups is 2. The van der Waals surface area contributed by atoms with Crippen LogP contribution in [0.4, 0.5) is 4.79 Å². The van der Waals surface area contributed by atoms with Gasteiger partial charge in [-0.25, -0.2) is 9.59 Å². The van der Waals surface area contributed by atoms with Crippen molar-refractivity contribution in [3.63, 3.8) is 0 Å². The molecule has 2 N–H and O–H groups in total. The van der Waals surface area contributed by atoms with Gasteiger partial charge >= 0.3 is 20.2 Å². The Hall–Kier alpha value is -1.77. The van der Waals surface area contributed by atoms with Crippen LogP contribution in [0.25, 0.3) is 0 Å². The molecule has 0 aliphatic carbocycles. The number of carbonyl (C=O) groups excluding carboxylic acids is 2. The molecular weight excluding hydrogens is 449 g/mol. The van der Waals surface area contributed by atoms with Gasteiger partial charge < -0.3 is 14.8 Å². The highest BCUT2D eigenvalue weighted by Gasteiger charge is 2.53. The molecule has 1 amide bonds. The van der Waals surface area contributed by atoms with Crippen molar-refractivity contribution < 1.29 is 37.5 Å². The summed E-state index contributed by atoms with van der Waals surface area (Å²) in [6, 6.07) is 7.82. The van der Waals surface area contributed by atoms with E-state index in [0.717, 1.165) is 5.56 Å². The molecule has 10 heteroatoms. The van der Waals surface area contributed by atoms with Crippen LogP contribution in [0, 0.1) is 0 Å². The first-order valence-electron chi connectivity index (χ1n) is 10.8. The van der Waals surface area contributed by atoms with Crippen LogP contribution in [0.5, 0.6) is 0 Å². The van der Waals surface area contributed by atoms with Gasteiger partial charge in [-0.3, -0.25) is 0 Å². The average molecular weight is 489 g/mol. The van der Waals surface area contributed by atoms with Crippen LogP contribution >= 0.6 is 8.17 Å². The molecule has 0 saturated carbocycles. The first kappa shape index (κ1) is 29.3. The lowest BCUT2D eigenvalue weighted by Crippen LogP contribution is -2.47. The number of alkyl carbamates (subject to hydrolysis) is 1. The zero-order chi connectivity index (χ0) is 25.5. The third-order valence-electron chi connectivity index (χ3n) is 3.38. The molecule has 0 aliphatic heterocycles. The summed E-state index contributed by atoms with van der Waals surface area (Å²) in [5.41, 5.74) is -1.59. The molecule has 0 bridgehead atoms. The quantitative estimate of drug-likeness (QED) is 0.371. The SMILES string of the molecule is CC(C)(C)OC(=O)N[C@@H](CO[P+](O)(OC(C)(C)C)OC(C)(C)C)C(=O)OCc1ccccc1. The fraction of sp³-hybridized carbons (Fsp3) is 0.652. The van der Waals surface area contributed by atoms with E-state index in [1.165, 1.54) is 0 Å². The first-order valence-corrected chi connectivity index (χ1v) is 12.2. The van der Waals surface area contributed by atoms with Crippen molar-refractivity contribution in [2.24, 2.45) is 0 Å². The molecule has 0 aromatic heterocycles. The van der Waals surface area contributed by atoms with Crippen molar-refractivity contribution >= 4 is 20.2 Å². The number of hydrogen-bond acceptors (Lipinski definition) is 8. The zero-order valence-corrected chi connectivity index (χ0v) is 22.0. The molecule has 0 aliphatic rings. The topological polar surface area (TPSA) is 113 Å². The molecule has 1 aromatic rings. The smallest absolute Gasteiger partial charge is 0.459 e. The van der Waals surface area contributed by atoms with Gasteiger partial charge in [0.25, 0.3) is 0 Å². The fourth-order valence-corrected chi connectivity index (χ4v) is 4.24. The number of benzene rings is 1. The van der Waals surface area contributed by atoms with Crippen molar-refractivity contribution in [3.8, 4) is 0 Å². The van der Waals surface area contributed by atoms with Crippen LogP contribution in [-0.2, 0) is 34.4 Å². The second-order valence-corrected chi connectivity index (χ2v) is 12.0. The van der Waals surface area contributed by atoms with Crippen LogP contribution in [-0.4, -0.2) is 46.4 Å². The maximum Gasteiger partial charge on any atom is 0.573 e. The monoisotopic (exact) mass is 488 g/mol. The van der Waals surface area contributed by atoms with Crippen LogP contribution in [0.3, 0.4) is 0 Å². The highest BCUT2D eigenvalue weighted by Crippen LogP contribution is 2.62. The van der Waals surface area contributed by atoms with E-state index in [9.17, 15) is 14.5 Å². The van der Waals surface area contributed by atoms with Gasteiger partial charge in [0.15, 0.2) is 6.04 Å². The predicted octanol–water partition coefficient (Wildman–Crippen LogP) is 4.94. The van der Waals surface area contributed by atoms with E-state index >= 15 is 0 Å². The van der Waals surface area contributed by atoms with Gasteiger partial charge in [0, 0.05) is 0 Å². The molecule has 0 radical (unpaired) electrons. The lowest BCUT2D eigenvalue weighted by atomic mass is 10.2. The fourth-order valence-electron chi connectivity index (χ4n) is 2.38. The summed E-state index contributed by atoms with van der Waals surface area (Å²) in [6.45, 7) is 15.0. The number of rotatable bonds is 9. The maximum absolute atomic E-state index is 12.8. The Kier molecular flexibility index (Phi) is 10.3. The molecule has 9 nitrogen and oxygen atoms in total. The van der Waals surface area contributed by atoms with Crippen molar-refractivity contribution in [1.29, 1.82) is 0 Å². The summed E-state index contributed by atoms with van der Waals surface area (Å²) in [5, 5.41) is 2.44. The van der Waals surface area contributed by atoms with Crippen molar-refractivity contribution in [1.82, 2.24) is 5.32 Å². The van der Waals surface area contributed by atoms with Gasteiger partial charge in [0.1, 0.15) is 30.0 Å². The molecule has 0 heterocycles. The van der Waals surface area contributed by atoms with E-state index in [2.05, 4.69) is 5.32 Å². The van der Waals surface area contributed by atoms with Crippen molar-refractivity contribution in [2.45, 2.75) is 91.8 Å². The Morgan fingerprint density at radius 2 is 1.42 bits per heavy atom. The van der Waals surface area contributed by atoms with Crippen LogP contribution in [0.1, 0.15) is 67.9 Å².